The van der Waals surface area contributed by atoms with Crippen LogP contribution in [0.4, 0.5) is 5.69 Å². The molecule has 27 heavy (non-hydrogen) atoms. The highest BCUT2D eigenvalue weighted by atomic mass is 32.2. The van der Waals surface area contributed by atoms with E-state index in [0.29, 0.717) is 13.0 Å². The van der Waals surface area contributed by atoms with Crippen LogP contribution in [-0.4, -0.2) is 80.6 Å². The van der Waals surface area contributed by atoms with Gasteiger partial charge in [-0.3, -0.25) is 4.79 Å². The first-order chi connectivity index (χ1) is 12.9. The van der Waals surface area contributed by atoms with Crippen LogP contribution in [0.15, 0.2) is 24.3 Å². The van der Waals surface area contributed by atoms with E-state index >= 15 is 0 Å². The lowest BCUT2D eigenvalue weighted by atomic mass is 10.2. The van der Waals surface area contributed by atoms with Gasteiger partial charge in [0, 0.05) is 17.8 Å². The van der Waals surface area contributed by atoms with Crippen molar-refractivity contribution in [1.29, 1.82) is 0 Å². The second-order valence-corrected chi connectivity index (χ2v) is 10.2. The zero-order chi connectivity index (χ0) is 19.0. The van der Waals surface area contributed by atoms with Gasteiger partial charge in [-0.05, 0) is 43.5 Å². The van der Waals surface area contributed by atoms with Crippen LogP contribution in [-0.2, 0) is 14.6 Å². The number of anilines is 1. The molecule has 2 saturated heterocycles. The van der Waals surface area contributed by atoms with Crippen molar-refractivity contribution in [1.82, 2.24) is 4.90 Å². The van der Waals surface area contributed by atoms with Gasteiger partial charge in [0.2, 0.25) is 0 Å². The Balaban J connectivity index is 1.32. The first kappa shape index (κ1) is 18.6. The minimum atomic E-state index is -2.98. The Morgan fingerprint density at radius 1 is 1.11 bits per heavy atom. The molecule has 1 atom stereocenters. The van der Waals surface area contributed by atoms with E-state index in [1.807, 2.05) is 17.0 Å². The molecule has 1 aromatic carbocycles. The number of piperazine rings is 1. The summed E-state index contributed by atoms with van der Waals surface area (Å²) in [6, 6.07) is 7.37. The van der Waals surface area contributed by atoms with Crippen molar-refractivity contribution in [2.45, 2.75) is 31.3 Å². The summed E-state index contributed by atoms with van der Waals surface area (Å²) >= 11 is 0. The first-order valence-electron chi connectivity index (χ1n) is 9.80. The van der Waals surface area contributed by atoms with Crippen molar-refractivity contribution in [3.8, 4) is 5.75 Å². The highest BCUT2D eigenvalue weighted by molar-refractivity contribution is 7.91. The molecule has 148 valence electrons. The van der Waals surface area contributed by atoms with Gasteiger partial charge in [-0.2, -0.15) is 0 Å². The summed E-state index contributed by atoms with van der Waals surface area (Å²) in [4.78, 5) is 18.4. The van der Waals surface area contributed by atoms with Crippen LogP contribution >= 0.6 is 0 Å². The van der Waals surface area contributed by atoms with E-state index in [9.17, 15) is 18.3 Å². The van der Waals surface area contributed by atoms with Crippen LogP contribution in [0.25, 0.3) is 0 Å². The number of carbonyl (C=O) groups excluding carboxylic acids is 1. The minimum absolute atomic E-state index is 0.118. The molecule has 2 heterocycles. The Morgan fingerprint density at radius 2 is 1.78 bits per heavy atom. The molecular formula is C19H28N3O4S+. The van der Waals surface area contributed by atoms with Gasteiger partial charge in [0.25, 0.3) is 5.91 Å². The van der Waals surface area contributed by atoms with E-state index in [2.05, 4.69) is 4.90 Å². The number of phenols is 1. The average molecular weight is 395 g/mol. The molecule has 0 unspecified atom stereocenters. The predicted molar refractivity (Wildman–Crippen MR) is 103 cm³/mol. The van der Waals surface area contributed by atoms with Crippen molar-refractivity contribution in [3.05, 3.63) is 24.3 Å². The van der Waals surface area contributed by atoms with Gasteiger partial charge in [-0.15, -0.1) is 0 Å². The van der Waals surface area contributed by atoms with E-state index in [1.54, 1.807) is 12.1 Å². The molecule has 1 saturated carbocycles. The standard InChI is InChI=1S/C19H27N3O4S/c23-18-5-3-15(4-6-18)21-10-8-20(9-11-21)13-19(24)22(16-1-2-16)17-7-12-27(25,26)14-17/h3-6,16-17,23H,1-2,7-14H2/p+1/t17-/m1/s1. The van der Waals surface area contributed by atoms with Crippen molar-refractivity contribution in [3.63, 3.8) is 0 Å². The van der Waals surface area contributed by atoms with Gasteiger partial charge in [-0.25, -0.2) is 8.42 Å². The van der Waals surface area contributed by atoms with Gasteiger partial charge in [-0.1, -0.05) is 0 Å². The number of nitrogens with zero attached hydrogens (tertiary/aromatic N) is 2. The van der Waals surface area contributed by atoms with Crippen LogP contribution in [0.2, 0.25) is 0 Å². The first-order valence-corrected chi connectivity index (χ1v) is 11.6. The van der Waals surface area contributed by atoms with Gasteiger partial charge in [0.05, 0.1) is 37.7 Å². The molecule has 1 aliphatic carbocycles. The van der Waals surface area contributed by atoms with Gasteiger partial charge in [0.1, 0.15) is 5.75 Å². The minimum Gasteiger partial charge on any atom is -0.508 e. The maximum atomic E-state index is 12.9. The molecule has 2 N–H and O–H groups in total. The quantitative estimate of drug-likeness (QED) is 0.689. The second kappa shape index (κ2) is 7.31. The number of amides is 1. The molecular weight excluding hydrogens is 366 g/mol. The predicted octanol–water partition coefficient (Wildman–Crippen LogP) is -0.725. The van der Waals surface area contributed by atoms with Crippen LogP contribution in [0.3, 0.4) is 0 Å². The van der Waals surface area contributed by atoms with Crippen LogP contribution in [0, 0.1) is 0 Å². The molecule has 3 fully saturated rings. The maximum Gasteiger partial charge on any atom is 0.278 e. The number of hydrogen-bond acceptors (Lipinski definition) is 5. The van der Waals surface area contributed by atoms with Gasteiger partial charge in [0.15, 0.2) is 16.4 Å². The van der Waals surface area contributed by atoms with Crippen molar-refractivity contribution in [2.24, 2.45) is 0 Å². The number of phenolic OH excluding ortho intramolecular Hbond substituents is 1. The summed E-state index contributed by atoms with van der Waals surface area (Å²) in [6.07, 6.45) is 2.60. The van der Waals surface area contributed by atoms with Crippen molar-refractivity contribution >= 4 is 21.4 Å². The SMILES string of the molecule is O=C(C[NH+]1CCN(c2ccc(O)cc2)CC1)N(C1CC1)[C@@H]1CCS(=O)(=O)C1. The maximum absolute atomic E-state index is 12.9. The van der Waals surface area contributed by atoms with Crippen molar-refractivity contribution in [2.75, 3.05) is 49.1 Å². The Morgan fingerprint density at radius 3 is 2.33 bits per heavy atom. The smallest absolute Gasteiger partial charge is 0.278 e. The van der Waals surface area contributed by atoms with E-state index in [-0.39, 0.29) is 35.2 Å². The number of rotatable bonds is 5. The molecule has 0 bridgehead atoms. The number of sulfone groups is 1. The molecule has 2 aliphatic heterocycles. The fourth-order valence-electron chi connectivity index (χ4n) is 4.28. The van der Waals surface area contributed by atoms with E-state index in [4.69, 9.17) is 0 Å². The molecule has 1 aromatic rings. The molecule has 0 aromatic heterocycles. The van der Waals surface area contributed by atoms with E-state index < -0.39 is 9.84 Å². The molecule has 7 nitrogen and oxygen atoms in total. The molecule has 3 aliphatic rings. The molecule has 0 spiro atoms. The van der Waals surface area contributed by atoms with E-state index in [0.717, 1.165) is 44.7 Å². The Labute approximate surface area is 160 Å². The Hall–Kier alpha value is -1.80. The fraction of sp³-hybridized carbons (Fsp3) is 0.632. The summed E-state index contributed by atoms with van der Waals surface area (Å²) in [5, 5.41) is 9.42. The molecule has 4 rings (SSSR count). The van der Waals surface area contributed by atoms with Gasteiger partial charge >= 0.3 is 0 Å². The third kappa shape index (κ3) is 4.38. The normalized spacial score (nSPS) is 25.5. The number of quaternary nitrogens is 1. The zero-order valence-corrected chi connectivity index (χ0v) is 16.3. The fourth-order valence-corrected chi connectivity index (χ4v) is 5.99. The number of nitrogens with one attached hydrogen (secondary N) is 1. The third-order valence-electron chi connectivity index (χ3n) is 5.92. The Kier molecular flexibility index (Phi) is 5.03. The lowest BCUT2D eigenvalue weighted by Gasteiger charge is -2.35. The van der Waals surface area contributed by atoms with Crippen molar-refractivity contribution < 1.29 is 23.2 Å². The van der Waals surface area contributed by atoms with Crippen LogP contribution in [0.1, 0.15) is 19.3 Å². The summed E-state index contributed by atoms with van der Waals surface area (Å²) < 4.78 is 23.7. The highest BCUT2D eigenvalue weighted by Gasteiger charge is 2.43. The molecule has 1 amide bonds. The third-order valence-corrected chi connectivity index (χ3v) is 7.67. The zero-order valence-electron chi connectivity index (χ0n) is 15.5. The molecule has 8 heteroatoms. The monoisotopic (exact) mass is 394 g/mol. The topological polar surface area (TPSA) is 82.4 Å². The lowest BCUT2D eigenvalue weighted by Crippen LogP contribution is -3.16. The number of aromatic hydroxyl groups is 1. The van der Waals surface area contributed by atoms with Crippen LogP contribution in [0.5, 0.6) is 5.75 Å². The average Bonchev–Trinajstić information content (AvgIpc) is 3.39. The number of hydrogen-bond donors (Lipinski definition) is 2. The lowest BCUT2D eigenvalue weighted by molar-refractivity contribution is -0.892. The summed E-state index contributed by atoms with van der Waals surface area (Å²) in [6.45, 7) is 3.96. The summed E-state index contributed by atoms with van der Waals surface area (Å²) in [5.41, 5.74) is 1.09. The van der Waals surface area contributed by atoms with Gasteiger partial charge < -0.3 is 19.8 Å². The number of benzene rings is 1. The molecule has 0 radical (unpaired) electrons. The summed E-state index contributed by atoms with van der Waals surface area (Å²) in [7, 11) is -2.98. The highest BCUT2D eigenvalue weighted by Crippen LogP contribution is 2.32. The van der Waals surface area contributed by atoms with E-state index in [1.165, 1.54) is 4.90 Å². The largest absolute Gasteiger partial charge is 0.508 e. The number of carbonyl (C=O) groups is 1. The second-order valence-electron chi connectivity index (χ2n) is 8.02. The van der Waals surface area contributed by atoms with Crippen LogP contribution < -0.4 is 9.80 Å². The Bertz CT molecular complexity index is 784. The summed E-state index contributed by atoms with van der Waals surface area (Å²) in [5.74, 6) is 0.737.